The average molecular weight is 271 g/mol. The number of nitro groups is 1. The lowest BCUT2D eigenvalue weighted by molar-refractivity contribution is -0.387. The highest BCUT2D eigenvalue weighted by Crippen LogP contribution is 2.26. The molecule has 0 aliphatic rings. The van der Waals surface area contributed by atoms with E-state index in [-0.39, 0.29) is 11.4 Å². The van der Waals surface area contributed by atoms with E-state index in [0.717, 1.165) is 12.1 Å². The van der Waals surface area contributed by atoms with Gasteiger partial charge in [-0.1, -0.05) is 0 Å². The lowest BCUT2D eigenvalue weighted by Gasteiger charge is -2.08. The Bertz CT molecular complexity index is 718. The molecule has 1 rings (SSSR count). The van der Waals surface area contributed by atoms with Gasteiger partial charge in [0, 0.05) is 17.8 Å². The molecule has 0 spiro atoms. The molecule has 7 nitrogen and oxygen atoms in total. The van der Waals surface area contributed by atoms with Gasteiger partial charge in [-0.2, -0.15) is 20.2 Å². The molecule has 0 unspecified atom stereocenters. The molecule has 98 valence electrons. The number of nitro benzene ring substituents is 1. The predicted molar refractivity (Wildman–Crippen MR) is 65.3 cm³/mol. The number of anilines is 1. The van der Waals surface area contributed by atoms with Gasteiger partial charge in [-0.25, -0.2) is 0 Å². The van der Waals surface area contributed by atoms with Gasteiger partial charge in [0.2, 0.25) is 5.82 Å². The number of hydrogen-bond acceptors (Lipinski definition) is 6. The van der Waals surface area contributed by atoms with Gasteiger partial charge in [0.05, 0.1) is 4.92 Å². The Balaban J connectivity index is 3.32. The lowest BCUT2D eigenvalue weighted by atomic mass is 10.1. The van der Waals surface area contributed by atoms with Crippen LogP contribution in [-0.4, -0.2) is 4.92 Å². The van der Waals surface area contributed by atoms with E-state index in [2.05, 4.69) is 5.32 Å². The molecule has 0 aromatic heterocycles. The number of benzene rings is 1. The van der Waals surface area contributed by atoms with Gasteiger partial charge in [0.25, 0.3) is 0 Å². The van der Waals surface area contributed by atoms with Gasteiger partial charge in [-0.3, -0.25) is 10.1 Å². The fourth-order valence-electron chi connectivity index (χ4n) is 1.36. The molecule has 1 aromatic rings. The van der Waals surface area contributed by atoms with E-state index in [1.165, 1.54) is 19.1 Å². The van der Waals surface area contributed by atoms with Gasteiger partial charge in [-0.05, 0) is 12.5 Å². The smallest absolute Gasteiger partial charge is 0.305 e. The van der Waals surface area contributed by atoms with Gasteiger partial charge in [-0.15, -0.1) is 0 Å². The van der Waals surface area contributed by atoms with Gasteiger partial charge >= 0.3 is 5.69 Å². The van der Waals surface area contributed by atoms with E-state index < -0.39 is 22.0 Å². The maximum absolute atomic E-state index is 13.5. The van der Waals surface area contributed by atoms with Crippen molar-refractivity contribution in [3.05, 3.63) is 44.9 Å². The first-order valence-electron chi connectivity index (χ1n) is 5.10. The maximum Gasteiger partial charge on any atom is 0.305 e. The van der Waals surface area contributed by atoms with E-state index in [1.54, 1.807) is 6.07 Å². The number of aryl methyl sites for hydroxylation is 1. The molecule has 0 bridgehead atoms. The van der Waals surface area contributed by atoms with Crippen molar-refractivity contribution >= 4 is 11.4 Å². The Labute approximate surface area is 112 Å². The third-order valence-corrected chi connectivity index (χ3v) is 2.34. The molecule has 0 radical (unpaired) electrons. The van der Waals surface area contributed by atoms with Gasteiger partial charge < -0.3 is 5.32 Å². The molecule has 8 heteroatoms. The summed E-state index contributed by atoms with van der Waals surface area (Å²) in [6.45, 7) is 1.46. The first-order valence-corrected chi connectivity index (χ1v) is 5.10. The first kappa shape index (κ1) is 14.6. The molecule has 0 saturated carbocycles. The van der Waals surface area contributed by atoms with E-state index in [4.69, 9.17) is 15.8 Å². The van der Waals surface area contributed by atoms with E-state index in [1.807, 2.05) is 0 Å². The Morgan fingerprint density at radius 3 is 2.35 bits per heavy atom. The average Bonchev–Trinajstić information content (AvgIpc) is 2.41. The highest BCUT2D eigenvalue weighted by molar-refractivity contribution is 5.63. The van der Waals surface area contributed by atoms with Crippen molar-refractivity contribution in [1.82, 2.24) is 0 Å². The van der Waals surface area contributed by atoms with Crippen LogP contribution in [0.3, 0.4) is 0 Å². The molecule has 0 aliphatic heterocycles. The summed E-state index contributed by atoms with van der Waals surface area (Å²) in [5, 5.41) is 39.2. The standard InChI is InChI=1S/C12H6FN5O2/c1-7-2-12(18(19)20)9(13)3-10(7)17-11(6-16)8(4-14)5-15/h2-3,17H,1H3. The Morgan fingerprint density at radius 2 is 1.90 bits per heavy atom. The zero-order valence-corrected chi connectivity index (χ0v) is 10.1. The predicted octanol–water partition coefficient (Wildman–Crippen LogP) is 2.28. The molecule has 0 atom stereocenters. The van der Waals surface area contributed by atoms with Crippen LogP contribution < -0.4 is 5.32 Å². The molecule has 20 heavy (non-hydrogen) atoms. The number of allylic oxidation sites excluding steroid dienone is 2. The van der Waals surface area contributed by atoms with Crippen molar-refractivity contribution in [3.63, 3.8) is 0 Å². The normalized spacial score (nSPS) is 8.75. The summed E-state index contributed by atoms with van der Waals surface area (Å²) in [6.07, 6.45) is 0. The van der Waals surface area contributed by atoms with E-state index in [9.17, 15) is 14.5 Å². The highest BCUT2D eigenvalue weighted by Gasteiger charge is 2.17. The van der Waals surface area contributed by atoms with Crippen molar-refractivity contribution in [2.45, 2.75) is 6.92 Å². The highest BCUT2D eigenvalue weighted by atomic mass is 19.1. The van der Waals surface area contributed by atoms with Gasteiger partial charge in [0.15, 0.2) is 5.57 Å². The molecule has 0 fully saturated rings. The molecule has 1 N–H and O–H groups in total. The van der Waals surface area contributed by atoms with Crippen LogP contribution in [0.15, 0.2) is 23.4 Å². The quantitative estimate of drug-likeness (QED) is 0.510. The van der Waals surface area contributed by atoms with Crippen LogP contribution in [0.1, 0.15) is 5.56 Å². The zero-order valence-electron chi connectivity index (χ0n) is 10.1. The third kappa shape index (κ3) is 2.87. The second kappa shape index (κ2) is 5.94. The minimum absolute atomic E-state index is 0.0626. The number of nitrogens with zero attached hydrogens (tertiary/aromatic N) is 4. The molecule has 0 amide bonds. The fraction of sp³-hybridized carbons (Fsp3) is 0.0833. The summed E-state index contributed by atoms with van der Waals surface area (Å²) in [5.41, 5.74) is -1.16. The summed E-state index contributed by atoms with van der Waals surface area (Å²) in [5.74, 6) is -1.09. The van der Waals surface area contributed by atoms with Gasteiger partial charge in [0.1, 0.15) is 23.9 Å². The third-order valence-electron chi connectivity index (χ3n) is 2.34. The molecule has 0 heterocycles. The van der Waals surface area contributed by atoms with Crippen molar-refractivity contribution in [3.8, 4) is 18.2 Å². The number of halogens is 1. The largest absolute Gasteiger partial charge is 0.345 e. The van der Waals surface area contributed by atoms with Crippen LogP contribution in [0, 0.1) is 56.8 Å². The minimum atomic E-state index is -1.09. The lowest BCUT2D eigenvalue weighted by Crippen LogP contribution is -2.04. The van der Waals surface area contributed by atoms with Crippen LogP contribution in [-0.2, 0) is 0 Å². The summed E-state index contributed by atoms with van der Waals surface area (Å²) in [7, 11) is 0. The summed E-state index contributed by atoms with van der Waals surface area (Å²) in [4.78, 5) is 9.69. The van der Waals surface area contributed by atoms with Crippen molar-refractivity contribution in [1.29, 1.82) is 15.8 Å². The summed E-state index contributed by atoms with van der Waals surface area (Å²) < 4.78 is 13.5. The Hall–Kier alpha value is -3.44. The van der Waals surface area contributed by atoms with E-state index >= 15 is 0 Å². The van der Waals surface area contributed by atoms with Crippen LogP contribution in [0.5, 0.6) is 0 Å². The molecular formula is C12H6FN5O2. The van der Waals surface area contributed by atoms with Crippen LogP contribution in [0.2, 0.25) is 0 Å². The fourth-order valence-corrected chi connectivity index (χ4v) is 1.36. The topological polar surface area (TPSA) is 127 Å². The summed E-state index contributed by atoms with van der Waals surface area (Å²) in [6, 6.07) is 6.46. The Morgan fingerprint density at radius 1 is 1.30 bits per heavy atom. The second-order valence-electron chi connectivity index (χ2n) is 3.59. The van der Waals surface area contributed by atoms with E-state index in [0.29, 0.717) is 5.56 Å². The number of nitrogens with one attached hydrogen (secondary N) is 1. The number of nitriles is 3. The SMILES string of the molecule is Cc1cc([N+](=O)[O-])c(F)cc1NC(C#N)=C(C#N)C#N. The van der Waals surface area contributed by atoms with Crippen LogP contribution >= 0.6 is 0 Å². The second-order valence-corrected chi connectivity index (χ2v) is 3.59. The minimum Gasteiger partial charge on any atom is -0.345 e. The molecule has 0 aliphatic carbocycles. The molecule has 0 saturated heterocycles. The van der Waals surface area contributed by atoms with Crippen LogP contribution in [0.25, 0.3) is 0 Å². The molecular weight excluding hydrogens is 265 g/mol. The maximum atomic E-state index is 13.5. The monoisotopic (exact) mass is 271 g/mol. The number of rotatable bonds is 3. The van der Waals surface area contributed by atoms with Crippen LogP contribution in [0.4, 0.5) is 15.8 Å². The number of hydrogen-bond donors (Lipinski definition) is 1. The molecule has 1 aromatic carbocycles. The van der Waals surface area contributed by atoms with Crippen molar-refractivity contribution in [2.75, 3.05) is 5.32 Å². The van der Waals surface area contributed by atoms with Crippen molar-refractivity contribution in [2.24, 2.45) is 0 Å². The summed E-state index contributed by atoms with van der Waals surface area (Å²) >= 11 is 0. The Kier molecular flexibility index (Phi) is 4.34. The van der Waals surface area contributed by atoms with Crippen molar-refractivity contribution < 1.29 is 9.31 Å². The zero-order chi connectivity index (χ0) is 15.3. The first-order chi connectivity index (χ1) is 9.44.